The molecule has 1 rings (SSSR count). The fraction of sp³-hybridized carbons (Fsp3) is 0.857. The number of piperazine rings is 1. The quantitative estimate of drug-likeness (QED) is 0.850. The molecular weight excluding hydrogens is 278 g/mol. The Labute approximate surface area is 128 Å². The van der Waals surface area contributed by atoms with Crippen molar-refractivity contribution in [2.45, 2.75) is 52.6 Å². The van der Waals surface area contributed by atoms with E-state index in [0.717, 1.165) is 12.8 Å². The molecule has 1 saturated heterocycles. The monoisotopic (exact) mass is 305 g/mol. The zero-order valence-corrected chi connectivity index (χ0v) is 13.8. The van der Waals surface area contributed by atoms with E-state index in [2.05, 4.69) is 13.8 Å². The highest BCUT2D eigenvalue weighted by molar-refractivity contribution is 5.85. The van der Waals surface area contributed by atoms with Gasteiger partial charge in [0.05, 0.1) is 0 Å². The van der Waals surface area contributed by atoms with Gasteiger partial charge in [-0.1, -0.05) is 20.8 Å². The third kappa shape index (κ3) is 4.09. The Morgan fingerprint density at radius 1 is 1.15 bits per heavy atom. The first-order valence-corrected chi connectivity index (χ1v) is 7.23. The van der Waals surface area contributed by atoms with E-state index in [-0.39, 0.29) is 42.2 Å². The maximum Gasteiger partial charge on any atom is 0.227 e. The van der Waals surface area contributed by atoms with Crippen LogP contribution in [-0.4, -0.2) is 53.3 Å². The molecule has 0 saturated carbocycles. The van der Waals surface area contributed by atoms with Gasteiger partial charge in [0.25, 0.3) is 0 Å². The number of carbonyl (C=O) groups is 2. The molecule has 0 bridgehead atoms. The number of amides is 2. The molecule has 1 fully saturated rings. The molecule has 20 heavy (non-hydrogen) atoms. The van der Waals surface area contributed by atoms with Crippen molar-refractivity contribution in [1.82, 2.24) is 9.80 Å². The highest BCUT2D eigenvalue weighted by Gasteiger charge is 2.36. The topological polar surface area (TPSA) is 66.6 Å². The van der Waals surface area contributed by atoms with Gasteiger partial charge in [0.1, 0.15) is 0 Å². The first kappa shape index (κ1) is 19.2. The second-order valence-corrected chi connectivity index (χ2v) is 5.42. The number of carbonyl (C=O) groups excluding carboxylic acids is 2. The van der Waals surface area contributed by atoms with E-state index in [9.17, 15) is 9.59 Å². The van der Waals surface area contributed by atoms with Crippen LogP contribution in [0.4, 0.5) is 0 Å². The van der Waals surface area contributed by atoms with E-state index in [4.69, 9.17) is 5.73 Å². The second-order valence-electron chi connectivity index (χ2n) is 5.42. The van der Waals surface area contributed by atoms with Crippen molar-refractivity contribution in [3.8, 4) is 0 Å². The Morgan fingerprint density at radius 3 is 2.00 bits per heavy atom. The largest absolute Gasteiger partial charge is 0.336 e. The number of nitrogens with two attached hydrogens (primary N) is 1. The van der Waals surface area contributed by atoms with E-state index in [1.807, 2.05) is 16.7 Å². The maximum absolute atomic E-state index is 12.4. The van der Waals surface area contributed by atoms with Crippen LogP contribution in [0.2, 0.25) is 0 Å². The van der Waals surface area contributed by atoms with Gasteiger partial charge in [-0.3, -0.25) is 9.59 Å². The van der Waals surface area contributed by atoms with Crippen LogP contribution < -0.4 is 5.73 Å². The molecule has 0 aromatic heterocycles. The smallest absolute Gasteiger partial charge is 0.227 e. The zero-order chi connectivity index (χ0) is 14.6. The van der Waals surface area contributed by atoms with E-state index >= 15 is 0 Å². The predicted molar refractivity (Wildman–Crippen MR) is 82.7 cm³/mol. The van der Waals surface area contributed by atoms with Crippen LogP contribution in [0, 0.1) is 5.92 Å². The first-order valence-electron chi connectivity index (χ1n) is 7.23. The van der Waals surface area contributed by atoms with Crippen molar-refractivity contribution < 1.29 is 9.59 Å². The number of hydrogen-bond acceptors (Lipinski definition) is 3. The van der Waals surface area contributed by atoms with Gasteiger partial charge in [0, 0.05) is 44.6 Å². The van der Waals surface area contributed by atoms with Crippen LogP contribution in [0.15, 0.2) is 0 Å². The van der Waals surface area contributed by atoms with E-state index in [1.54, 1.807) is 6.92 Å². The summed E-state index contributed by atoms with van der Waals surface area (Å²) in [5.74, 6) is 0.0794. The molecular formula is C14H28ClN3O2. The third-order valence-corrected chi connectivity index (χ3v) is 4.10. The summed E-state index contributed by atoms with van der Waals surface area (Å²) >= 11 is 0. The molecule has 0 radical (unpaired) electrons. The number of halogens is 1. The summed E-state index contributed by atoms with van der Waals surface area (Å²) < 4.78 is 0. The van der Waals surface area contributed by atoms with Gasteiger partial charge in [-0.25, -0.2) is 0 Å². The fourth-order valence-corrected chi connectivity index (χ4v) is 2.69. The third-order valence-electron chi connectivity index (χ3n) is 4.10. The summed E-state index contributed by atoms with van der Waals surface area (Å²) in [6.45, 7) is 9.25. The van der Waals surface area contributed by atoms with Crippen LogP contribution in [0.25, 0.3) is 0 Å². The predicted octanol–water partition coefficient (Wildman–Crippen LogP) is 1.25. The minimum Gasteiger partial charge on any atom is -0.336 e. The summed E-state index contributed by atoms with van der Waals surface area (Å²) in [4.78, 5) is 27.9. The van der Waals surface area contributed by atoms with Gasteiger partial charge in [-0.05, 0) is 12.8 Å². The molecule has 6 heteroatoms. The van der Waals surface area contributed by atoms with Crippen molar-refractivity contribution >= 4 is 24.2 Å². The Bertz CT molecular complexity index is 338. The lowest BCUT2D eigenvalue weighted by Crippen LogP contribution is -2.61. The number of rotatable bonds is 4. The van der Waals surface area contributed by atoms with Crippen LogP contribution >= 0.6 is 12.4 Å². The molecule has 118 valence electrons. The Hall–Kier alpha value is -0.810. The zero-order valence-electron chi connectivity index (χ0n) is 13.0. The van der Waals surface area contributed by atoms with Gasteiger partial charge in [-0.2, -0.15) is 0 Å². The lowest BCUT2D eigenvalue weighted by molar-refractivity contribution is -0.148. The fourth-order valence-electron chi connectivity index (χ4n) is 2.69. The number of nitrogens with zero attached hydrogens (tertiary/aromatic N) is 2. The average Bonchev–Trinajstić information content (AvgIpc) is 2.43. The molecule has 1 aliphatic rings. The molecule has 0 aromatic carbocycles. The SMILES string of the molecule is CCC1CN(C(=O)C(C)CN)C(CC)CN1C(C)=O.Cl. The highest BCUT2D eigenvalue weighted by atomic mass is 35.5. The lowest BCUT2D eigenvalue weighted by atomic mass is 9.99. The summed E-state index contributed by atoms with van der Waals surface area (Å²) in [6.07, 6.45) is 1.74. The summed E-state index contributed by atoms with van der Waals surface area (Å²) in [5.41, 5.74) is 5.60. The van der Waals surface area contributed by atoms with Gasteiger partial charge >= 0.3 is 0 Å². The molecule has 2 N–H and O–H groups in total. The molecule has 2 amide bonds. The van der Waals surface area contributed by atoms with Crippen molar-refractivity contribution in [2.75, 3.05) is 19.6 Å². The molecule has 3 unspecified atom stereocenters. The minimum atomic E-state index is -0.143. The van der Waals surface area contributed by atoms with Crippen molar-refractivity contribution in [2.24, 2.45) is 11.7 Å². The Kier molecular flexibility index (Phi) is 8.13. The highest BCUT2D eigenvalue weighted by Crippen LogP contribution is 2.21. The normalized spacial score (nSPS) is 24.1. The van der Waals surface area contributed by atoms with Crippen LogP contribution in [0.5, 0.6) is 0 Å². The van der Waals surface area contributed by atoms with Crippen molar-refractivity contribution in [3.05, 3.63) is 0 Å². The number of hydrogen-bond donors (Lipinski definition) is 1. The molecule has 0 aliphatic carbocycles. The van der Waals surface area contributed by atoms with E-state index < -0.39 is 0 Å². The molecule has 3 atom stereocenters. The van der Waals surface area contributed by atoms with Gasteiger partial charge in [0.2, 0.25) is 11.8 Å². The van der Waals surface area contributed by atoms with Gasteiger partial charge < -0.3 is 15.5 Å². The molecule has 5 nitrogen and oxygen atoms in total. The lowest BCUT2D eigenvalue weighted by Gasteiger charge is -2.46. The summed E-state index contributed by atoms with van der Waals surface area (Å²) in [6, 6.07) is 0.252. The van der Waals surface area contributed by atoms with Crippen LogP contribution in [0.3, 0.4) is 0 Å². The van der Waals surface area contributed by atoms with Gasteiger partial charge in [-0.15, -0.1) is 12.4 Å². The van der Waals surface area contributed by atoms with Crippen molar-refractivity contribution in [1.29, 1.82) is 0 Å². The summed E-state index contributed by atoms with van der Waals surface area (Å²) in [7, 11) is 0. The average molecular weight is 306 g/mol. The summed E-state index contributed by atoms with van der Waals surface area (Å²) in [5, 5.41) is 0. The van der Waals surface area contributed by atoms with E-state index in [0.29, 0.717) is 19.6 Å². The minimum absolute atomic E-state index is 0. The van der Waals surface area contributed by atoms with Crippen LogP contribution in [-0.2, 0) is 9.59 Å². The van der Waals surface area contributed by atoms with Crippen LogP contribution in [0.1, 0.15) is 40.5 Å². The molecule has 1 heterocycles. The van der Waals surface area contributed by atoms with Crippen molar-refractivity contribution in [3.63, 3.8) is 0 Å². The first-order chi connectivity index (χ1) is 8.96. The molecule has 0 spiro atoms. The molecule has 0 aromatic rings. The second kappa shape index (κ2) is 8.47. The van der Waals surface area contributed by atoms with Gasteiger partial charge in [0.15, 0.2) is 0 Å². The maximum atomic E-state index is 12.4. The van der Waals surface area contributed by atoms with E-state index in [1.165, 1.54) is 0 Å². The molecule has 1 aliphatic heterocycles. The Morgan fingerprint density at radius 2 is 1.60 bits per heavy atom. The standard InChI is InChI=1S/C14H27N3O2.ClH/c1-5-12-9-17(14(19)10(3)7-15)13(6-2)8-16(12)11(4)18;/h10,12-13H,5-9,15H2,1-4H3;1H. The Balaban J connectivity index is 0.00000361.